The van der Waals surface area contributed by atoms with Crippen molar-refractivity contribution in [1.82, 2.24) is 0 Å². The van der Waals surface area contributed by atoms with Crippen LogP contribution in [0.4, 0.5) is 0 Å². The van der Waals surface area contributed by atoms with Crippen molar-refractivity contribution in [3.05, 3.63) is 44.9 Å². The number of pyridine rings is 2. The van der Waals surface area contributed by atoms with Gasteiger partial charge in [0.25, 0.3) is 6.20 Å². The number of hydrogen-bond acceptors (Lipinski definition) is 4. The van der Waals surface area contributed by atoms with Gasteiger partial charge in [-0.2, -0.15) is 0 Å². The summed E-state index contributed by atoms with van der Waals surface area (Å²) in [6.07, 6.45) is 3.08. The largest absolute Gasteiger partial charge is 0.490 e. The monoisotopic (exact) mass is 464 g/mol. The van der Waals surface area contributed by atoms with E-state index in [1.165, 1.54) is 6.20 Å². The maximum absolute atomic E-state index is 9.50. The molecule has 0 unspecified atom stereocenters. The minimum atomic E-state index is 0.546. The van der Waals surface area contributed by atoms with Crippen LogP contribution in [-0.4, -0.2) is 24.6 Å². The molecule has 8 heteroatoms. The van der Waals surface area contributed by atoms with Crippen molar-refractivity contribution in [2.75, 3.05) is 14.2 Å². The fourth-order valence-corrected chi connectivity index (χ4v) is 2.97. The summed E-state index contributed by atoms with van der Waals surface area (Å²) in [7, 11) is 3.12. The molecule has 0 aliphatic carbocycles. The molecule has 6 nitrogen and oxygen atoms in total. The van der Waals surface area contributed by atoms with E-state index in [9.17, 15) is 10.4 Å². The zero-order valence-electron chi connectivity index (χ0n) is 14.1. The van der Waals surface area contributed by atoms with Gasteiger partial charge in [0.1, 0.15) is 0 Å². The van der Waals surface area contributed by atoms with Crippen LogP contribution in [-0.2, 0) is 12.8 Å². The standard InChI is InChI=1S/2C8H11BrNO2/c1-3-6-4-7(9)8(12-2)5-10(6)11;1-3-6-4-5-7(12-2)8(9)10(6)11/h2*4-5,11H,3H2,1-2H3/q2*+1. The topological polar surface area (TPSA) is 66.7 Å². The van der Waals surface area contributed by atoms with Gasteiger partial charge in [0.2, 0.25) is 22.9 Å². The highest BCUT2D eigenvalue weighted by Gasteiger charge is 2.18. The number of aromatic nitrogens is 2. The molecular weight excluding hydrogens is 444 g/mol. The highest BCUT2D eigenvalue weighted by atomic mass is 79.9. The highest BCUT2D eigenvalue weighted by molar-refractivity contribution is 9.10. The van der Waals surface area contributed by atoms with Gasteiger partial charge in [0.05, 0.1) is 18.7 Å². The van der Waals surface area contributed by atoms with E-state index in [0.717, 1.165) is 38.2 Å². The molecule has 0 aliphatic rings. The molecule has 24 heavy (non-hydrogen) atoms. The fourth-order valence-electron chi connectivity index (χ4n) is 1.92. The molecule has 0 fully saturated rings. The van der Waals surface area contributed by atoms with Crippen LogP contribution >= 0.6 is 31.9 Å². The minimum Gasteiger partial charge on any atom is -0.490 e. The van der Waals surface area contributed by atoms with Crippen LogP contribution in [0, 0.1) is 0 Å². The summed E-state index contributed by atoms with van der Waals surface area (Å²) in [5.74, 6) is 1.24. The second-order valence-corrected chi connectivity index (χ2v) is 6.33. The van der Waals surface area contributed by atoms with Gasteiger partial charge in [0, 0.05) is 50.4 Å². The van der Waals surface area contributed by atoms with Gasteiger partial charge in [-0.15, -0.1) is 0 Å². The number of ether oxygens (including phenoxy) is 2. The Balaban J connectivity index is 0.000000240. The van der Waals surface area contributed by atoms with Crippen LogP contribution < -0.4 is 18.9 Å². The van der Waals surface area contributed by atoms with E-state index in [1.54, 1.807) is 14.2 Å². The summed E-state index contributed by atoms with van der Waals surface area (Å²) in [6, 6.07) is 5.47. The maximum Gasteiger partial charge on any atom is 0.340 e. The Bertz CT molecular complexity index is 634. The van der Waals surface area contributed by atoms with E-state index in [2.05, 4.69) is 31.9 Å². The molecule has 2 aromatic rings. The van der Waals surface area contributed by atoms with Gasteiger partial charge < -0.3 is 9.47 Å². The molecule has 132 valence electrons. The molecule has 0 atom stereocenters. The predicted octanol–water partition coefficient (Wildman–Crippen LogP) is 3.09. The van der Waals surface area contributed by atoms with E-state index >= 15 is 0 Å². The number of hydrogen-bond donors (Lipinski definition) is 2. The Morgan fingerprint density at radius 3 is 2.04 bits per heavy atom. The Morgan fingerprint density at radius 2 is 1.54 bits per heavy atom. The lowest BCUT2D eigenvalue weighted by atomic mass is 10.3. The van der Waals surface area contributed by atoms with Gasteiger partial charge in [-0.25, -0.2) is 0 Å². The second kappa shape index (κ2) is 9.68. The third-order valence-electron chi connectivity index (χ3n) is 3.32. The van der Waals surface area contributed by atoms with Crippen LogP contribution in [0.5, 0.6) is 11.5 Å². The third-order valence-corrected chi connectivity index (χ3v) is 4.66. The van der Waals surface area contributed by atoms with Crippen molar-refractivity contribution in [2.45, 2.75) is 26.7 Å². The highest BCUT2D eigenvalue weighted by Crippen LogP contribution is 2.22. The first-order chi connectivity index (χ1) is 11.4. The van der Waals surface area contributed by atoms with E-state index in [0.29, 0.717) is 16.1 Å². The lowest BCUT2D eigenvalue weighted by Gasteiger charge is -2.00. The smallest absolute Gasteiger partial charge is 0.340 e. The van der Waals surface area contributed by atoms with Crippen LogP contribution in [0.3, 0.4) is 0 Å². The van der Waals surface area contributed by atoms with Crippen molar-refractivity contribution >= 4 is 31.9 Å². The van der Waals surface area contributed by atoms with Crippen LogP contribution in [0.1, 0.15) is 25.2 Å². The molecule has 0 saturated heterocycles. The Labute approximate surface area is 158 Å². The normalized spacial score (nSPS) is 9.92. The minimum absolute atomic E-state index is 0.546. The zero-order valence-corrected chi connectivity index (χ0v) is 17.3. The summed E-state index contributed by atoms with van der Waals surface area (Å²) in [5.41, 5.74) is 1.67. The van der Waals surface area contributed by atoms with Crippen LogP contribution in [0.2, 0.25) is 0 Å². The van der Waals surface area contributed by atoms with Crippen molar-refractivity contribution in [3.8, 4) is 11.5 Å². The van der Waals surface area contributed by atoms with E-state index in [4.69, 9.17) is 9.47 Å². The lowest BCUT2D eigenvalue weighted by Crippen LogP contribution is -2.36. The van der Waals surface area contributed by atoms with Crippen molar-refractivity contribution in [1.29, 1.82) is 0 Å². The van der Waals surface area contributed by atoms with Gasteiger partial charge >= 0.3 is 4.60 Å². The number of nitrogens with zero attached hydrogens (tertiary/aromatic N) is 2. The quantitative estimate of drug-likeness (QED) is 0.413. The van der Waals surface area contributed by atoms with E-state index in [1.807, 2.05) is 32.0 Å². The van der Waals surface area contributed by atoms with Gasteiger partial charge in [0.15, 0.2) is 0 Å². The van der Waals surface area contributed by atoms with E-state index < -0.39 is 0 Å². The predicted molar refractivity (Wildman–Crippen MR) is 94.9 cm³/mol. The molecule has 0 radical (unpaired) electrons. The molecule has 0 saturated carbocycles. The molecule has 2 aromatic heterocycles. The zero-order chi connectivity index (χ0) is 18.3. The molecule has 0 amide bonds. The molecule has 0 aromatic carbocycles. The van der Waals surface area contributed by atoms with E-state index in [-0.39, 0.29) is 0 Å². The fraction of sp³-hybridized carbons (Fsp3) is 0.375. The maximum atomic E-state index is 9.50. The number of methoxy groups -OCH3 is 2. The first-order valence-electron chi connectivity index (χ1n) is 7.33. The molecule has 2 rings (SSSR count). The molecule has 0 spiro atoms. The molecule has 0 bridgehead atoms. The first-order valence-corrected chi connectivity index (χ1v) is 8.92. The summed E-state index contributed by atoms with van der Waals surface area (Å²) in [5, 5.41) is 18.9. The molecular formula is C16H22Br2N2O4+2. The average Bonchev–Trinajstić information content (AvgIpc) is 2.59. The Kier molecular flexibility index (Phi) is 8.27. The number of aryl methyl sites for hydroxylation is 2. The third kappa shape index (κ3) is 4.98. The van der Waals surface area contributed by atoms with Crippen molar-refractivity contribution in [3.63, 3.8) is 0 Å². The van der Waals surface area contributed by atoms with Crippen LogP contribution in [0.25, 0.3) is 0 Å². The second-order valence-electron chi connectivity index (χ2n) is 4.73. The Hall–Kier alpha value is -1.54. The summed E-state index contributed by atoms with van der Waals surface area (Å²) in [6.45, 7) is 3.95. The molecule has 2 N–H and O–H groups in total. The van der Waals surface area contributed by atoms with Gasteiger partial charge in [-0.1, -0.05) is 13.8 Å². The first kappa shape index (κ1) is 20.5. The van der Waals surface area contributed by atoms with Crippen molar-refractivity contribution in [2.24, 2.45) is 0 Å². The summed E-state index contributed by atoms with van der Waals surface area (Å²) in [4.78, 5) is 0. The van der Waals surface area contributed by atoms with Crippen LogP contribution in [0.15, 0.2) is 33.5 Å². The summed E-state index contributed by atoms with van der Waals surface area (Å²) >= 11 is 6.55. The SMILES string of the molecule is CCc1cc(Br)c(OC)c[n+]1O.CCc1ccc(OC)c(Br)[n+]1O. The van der Waals surface area contributed by atoms with Gasteiger partial charge in [-0.3, -0.25) is 10.4 Å². The van der Waals surface area contributed by atoms with Gasteiger partial charge in [-0.05, 0) is 22.0 Å². The summed E-state index contributed by atoms with van der Waals surface area (Å²) < 4.78 is 13.5. The van der Waals surface area contributed by atoms with Crippen molar-refractivity contribution < 1.29 is 29.3 Å². The molecule has 0 aliphatic heterocycles. The Morgan fingerprint density at radius 1 is 0.958 bits per heavy atom. The molecule has 2 heterocycles. The number of halogens is 2. The lowest BCUT2D eigenvalue weighted by molar-refractivity contribution is -0.917. The average molecular weight is 466 g/mol. The number of rotatable bonds is 4.